The van der Waals surface area contributed by atoms with Crippen molar-refractivity contribution in [3.8, 4) is 0 Å². The van der Waals surface area contributed by atoms with E-state index in [9.17, 15) is 0 Å². The number of rotatable bonds is 1. The van der Waals surface area contributed by atoms with Gasteiger partial charge in [-0.05, 0) is 17.1 Å². The van der Waals surface area contributed by atoms with Crippen molar-refractivity contribution in [3.05, 3.63) is 23.8 Å². The van der Waals surface area contributed by atoms with Crippen molar-refractivity contribution in [2.75, 3.05) is 0 Å². The van der Waals surface area contributed by atoms with Crippen molar-refractivity contribution in [2.45, 2.75) is 13.8 Å². The van der Waals surface area contributed by atoms with Gasteiger partial charge in [-0.1, -0.05) is 26.5 Å². The molecule has 0 N–H and O–H groups in total. The molecule has 0 aromatic heterocycles. The van der Waals surface area contributed by atoms with Crippen LogP contribution in [0.15, 0.2) is 23.8 Å². The molecule has 0 saturated carbocycles. The minimum Gasteiger partial charge on any atom is -0.0915 e. The van der Waals surface area contributed by atoms with Crippen LogP contribution < -0.4 is 0 Å². The van der Waals surface area contributed by atoms with Crippen molar-refractivity contribution < 1.29 is 0 Å². The molecule has 7 heavy (non-hydrogen) atoms. The first-order valence-corrected chi connectivity index (χ1v) is 2.62. The summed E-state index contributed by atoms with van der Waals surface area (Å²) in [6, 6.07) is 0. The lowest BCUT2D eigenvalue weighted by Gasteiger charge is -1.91. The Morgan fingerprint density at radius 3 is 2.00 bits per heavy atom. The molecule has 1 aliphatic carbocycles. The molecular formula is C7H10. The summed E-state index contributed by atoms with van der Waals surface area (Å²) in [6.45, 7) is 8.15. The Morgan fingerprint density at radius 2 is 2.00 bits per heavy atom. The first kappa shape index (κ1) is 4.63. The summed E-state index contributed by atoms with van der Waals surface area (Å²) in [5.74, 6) is 0.701. The van der Waals surface area contributed by atoms with Crippen molar-refractivity contribution in [2.24, 2.45) is 5.92 Å². The predicted molar refractivity (Wildman–Crippen MR) is 32.1 cm³/mol. The first-order chi connectivity index (χ1) is 3.22. The van der Waals surface area contributed by atoms with Crippen molar-refractivity contribution in [1.82, 2.24) is 0 Å². The molecule has 0 aliphatic heterocycles. The fraction of sp³-hybridized carbons (Fsp3) is 0.429. The van der Waals surface area contributed by atoms with Crippen LogP contribution in [0.3, 0.4) is 0 Å². The molecule has 0 radical (unpaired) electrons. The second kappa shape index (κ2) is 1.22. The van der Waals surface area contributed by atoms with Gasteiger partial charge in [-0.15, -0.1) is 0 Å². The molecule has 0 aromatic carbocycles. The van der Waals surface area contributed by atoms with Crippen molar-refractivity contribution >= 4 is 0 Å². The second-order valence-electron chi connectivity index (χ2n) is 2.28. The highest BCUT2D eigenvalue weighted by Gasteiger charge is 2.15. The normalized spacial score (nSPS) is 17.6. The molecule has 38 valence electrons. The second-order valence-corrected chi connectivity index (χ2v) is 2.28. The van der Waals surface area contributed by atoms with Crippen LogP contribution in [0, 0.1) is 5.92 Å². The molecule has 0 atom stereocenters. The maximum absolute atomic E-state index is 3.78. The lowest BCUT2D eigenvalue weighted by Crippen LogP contribution is -1.78. The molecule has 0 spiro atoms. The Hall–Kier alpha value is -0.520. The summed E-state index contributed by atoms with van der Waals surface area (Å²) in [6.07, 6.45) is 2.13. The van der Waals surface area contributed by atoms with E-state index in [2.05, 4.69) is 26.5 Å². The molecule has 0 unspecified atom stereocenters. The Kier molecular flexibility index (Phi) is 0.810. The van der Waals surface area contributed by atoms with E-state index in [0.717, 1.165) is 0 Å². The largest absolute Gasteiger partial charge is 0.0915 e. The van der Waals surface area contributed by atoms with Crippen LogP contribution in [-0.4, -0.2) is 0 Å². The molecule has 0 saturated heterocycles. The van der Waals surface area contributed by atoms with Crippen LogP contribution in [0.25, 0.3) is 0 Å². The van der Waals surface area contributed by atoms with E-state index in [1.807, 2.05) is 0 Å². The molecule has 0 bridgehead atoms. The maximum atomic E-state index is 3.78. The topological polar surface area (TPSA) is 0 Å². The van der Waals surface area contributed by atoms with E-state index in [1.54, 1.807) is 0 Å². The van der Waals surface area contributed by atoms with Crippen molar-refractivity contribution in [3.63, 3.8) is 0 Å². The average molecular weight is 94.2 g/mol. The first-order valence-electron chi connectivity index (χ1n) is 2.62. The van der Waals surface area contributed by atoms with E-state index >= 15 is 0 Å². The molecule has 0 heteroatoms. The Bertz CT molecular complexity index is 127. The van der Waals surface area contributed by atoms with E-state index in [-0.39, 0.29) is 0 Å². The number of hydrogen-bond acceptors (Lipinski definition) is 0. The van der Waals surface area contributed by atoms with Gasteiger partial charge in [0, 0.05) is 0 Å². The van der Waals surface area contributed by atoms with Crippen molar-refractivity contribution in [1.29, 1.82) is 0 Å². The van der Waals surface area contributed by atoms with E-state index in [1.165, 1.54) is 11.1 Å². The van der Waals surface area contributed by atoms with Gasteiger partial charge in [0.2, 0.25) is 0 Å². The minimum absolute atomic E-state index is 0.701. The van der Waals surface area contributed by atoms with Gasteiger partial charge < -0.3 is 0 Å². The highest BCUT2D eigenvalue weighted by Crippen LogP contribution is 2.31. The third-order valence-electron chi connectivity index (χ3n) is 1.24. The molecule has 0 nitrogen and oxygen atoms in total. The summed E-state index contributed by atoms with van der Waals surface area (Å²) in [5, 5.41) is 0. The van der Waals surface area contributed by atoms with Gasteiger partial charge >= 0.3 is 0 Å². The van der Waals surface area contributed by atoms with Gasteiger partial charge in [0.25, 0.3) is 0 Å². The van der Waals surface area contributed by atoms with Gasteiger partial charge in [0.1, 0.15) is 0 Å². The van der Waals surface area contributed by atoms with Crippen LogP contribution in [0.5, 0.6) is 0 Å². The third kappa shape index (κ3) is 0.738. The Morgan fingerprint density at radius 1 is 1.57 bits per heavy atom. The Labute approximate surface area is 44.5 Å². The van der Waals surface area contributed by atoms with Crippen LogP contribution >= 0.6 is 0 Å². The summed E-state index contributed by atoms with van der Waals surface area (Å²) >= 11 is 0. The van der Waals surface area contributed by atoms with Crippen LogP contribution in [-0.2, 0) is 0 Å². The molecule has 0 fully saturated rings. The molecule has 1 aliphatic rings. The van der Waals surface area contributed by atoms with Crippen LogP contribution in [0.4, 0.5) is 0 Å². The monoisotopic (exact) mass is 94.1 g/mol. The van der Waals surface area contributed by atoms with E-state index < -0.39 is 0 Å². The summed E-state index contributed by atoms with van der Waals surface area (Å²) < 4.78 is 0. The maximum Gasteiger partial charge on any atom is -0.0213 e. The zero-order valence-corrected chi connectivity index (χ0v) is 4.86. The molecule has 1 rings (SSSR count). The average Bonchev–Trinajstić information content (AvgIpc) is 2.17. The smallest absolute Gasteiger partial charge is 0.0213 e. The fourth-order valence-electron chi connectivity index (χ4n) is 0.689. The molecular weight excluding hydrogens is 84.1 g/mol. The zero-order valence-electron chi connectivity index (χ0n) is 4.86. The quantitative estimate of drug-likeness (QED) is 0.467. The summed E-state index contributed by atoms with van der Waals surface area (Å²) in [7, 11) is 0. The highest BCUT2D eigenvalue weighted by atomic mass is 14.2. The lowest BCUT2D eigenvalue weighted by atomic mass is 10.1. The van der Waals surface area contributed by atoms with Gasteiger partial charge in [0.05, 0.1) is 0 Å². The molecule has 0 heterocycles. The van der Waals surface area contributed by atoms with Crippen LogP contribution in [0.2, 0.25) is 0 Å². The molecule has 0 amide bonds. The highest BCUT2D eigenvalue weighted by molar-refractivity contribution is 5.55. The lowest BCUT2D eigenvalue weighted by molar-refractivity contribution is 0.811. The van der Waals surface area contributed by atoms with Crippen LogP contribution in [0.1, 0.15) is 13.8 Å². The minimum atomic E-state index is 0.701. The van der Waals surface area contributed by atoms with Gasteiger partial charge in [-0.25, -0.2) is 0 Å². The van der Waals surface area contributed by atoms with E-state index in [0.29, 0.717) is 5.92 Å². The van der Waals surface area contributed by atoms with E-state index in [4.69, 9.17) is 0 Å². The molecule has 0 aromatic rings. The standard InChI is InChI=1S/C7H10/c1-5(2)7-4-6(7)3/h4-5H,3H2,1-2H3. The summed E-state index contributed by atoms with van der Waals surface area (Å²) in [5.41, 5.74) is 2.69. The third-order valence-corrected chi connectivity index (χ3v) is 1.24. The predicted octanol–water partition coefficient (Wildman–Crippen LogP) is 2.14. The SMILES string of the molecule is C=C1C=C1C(C)C. The number of hydrogen-bond donors (Lipinski definition) is 0. The zero-order chi connectivity index (χ0) is 5.44. The summed E-state index contributed by atoms with van der Waals surface area (Å²) in [4.78, 5) is 0. The van der Waals surface area contributed by atoms with Gasteiger partial charge in [-0.2, -0.15) is 0 Å². The van der Waals surface area contributed by atoms with Gasteiger partial charge in [-0.3, -0.25) is 0 Å². The van der Waals surface area contributed by atoms with Gasteiger partial charge in [0.15, 0.2) is 0 Å². The fourth-order valence-corrected chi connectivity index (χ4v) is 0.689. The number of allylic oxidation sites excluding steroid dienone is 3. The Balaban J connectivity index is 2.47.